The van der Waals surface area contributed by atoms with E-state index >= 15 is 0 Å². The molecule has 0 atom stereocenters. The SMILES string of the molecule is O=C(NCC1CCN(Cc2ccccc2)CC1)C(=O)NC1CCCCCC1. The Morgan fingerprint density at radius 2 is 1.56 bits per heavy atom. The molecule has 2 aliphatic rings. The van der Waals surface area contributed by atoms with Gasteiger partial charge in [-0.1, -0.05) is 56.0 Å². The standard InChI is InChI=1S/C22H33N3O2/c26-21(22(27)24-20-10-6-1-2-7-11-20)23-16-18-12-14-25(15-13-18)17-19-8-4-3-5-9-19/h3-5,8-9,18,20H,1-2,6-7,10-17H2,(H,23,26)(H,24,27). The third-order valence-electron chi connectivity index (χ3n) is 5.90. The van der Waals surface area contributed by atoms with Crippen LogP contribution in [-0.2, 0) is 16.1 Å². The Morgan fingerprint density at radius 3 is 2.22 bits per heavy atom. The third-order valence-corrected chi connectivity index (χ3v) is 5.90. The maximum Gasteiger partial charge on any atom is 0.309 e. The Hall–Kier alpha value is -1.88. The molecular formula is C22H33N3O2. The lowest BCUT2D eigenvalue weighted by atomic mass is 9.96. The molecule has 0 aromatic heterocycles. The fourth-order valence-corrected chi connectivity index (χ4v) is 4.18. The Balaban J connectivity index is 1.33. The molecule has 0 unspecified atom stereocenters. The van der Waals surface area contributed by atoms with Gasteiger partial charge in [0.2, 0.25) is 0 Å². The van der Waals surface area contributed by atoms with Crippen molar-refractivity contribution in [1.82, 2.24) is 15.5 Å². The van der Waals surface area contributed by atoms with Crippen molar-refractivity contribution in [2.24, 2.45) is 5.92 Å². The molecule has 1 saturated heterocycles. The first-order valence-corrected chi connectivity index (χ1v) is 10.6. The first-order valence-electron chi connectivity index (χ1n) is 10.6. The number of hydrogen-bond donors (Lipinski definition) is 2. The Morgan fingerprint density at radius 1 is 0.889 bits per heavy atom. The summed E-state index contributed by atoms with van der Waals surface area (Å²) in [6, 6.07) is 10.7. The van der Waals surface area contributed by atoms with E-state index in [1.54, 1.807) is 0 Å². The van der Waals surface area contributed by atoms with Crippen molar-refractivity contribution in [3.63, 3.8) is 0 Å². The molecule has 5 nitrogen and oxygen atoms in total. The number of nitrogens with zero attached hydrogens (tertiary/aromatic N) is 1. The summed E-state index contributed by atoms with van der Waals surface area (Å²) in [6.07, 6.45) is 8.90. The van der Waals surface area contributed by atoms with E-state index in [9.17, 15) is 9.59 Å². The fraction of sp³-hybridized carbons (Fsp3) is 0.636. The maximum absolute atomic E-state index is 12.1. The van der Waals surface area contributed by atoms with E-state index in [4.69, 9.17) is 0 Å². The number of carbonyl (C=O) groups is 2. The van der Waals surface area contributed by atoms with Crippen LogP contribution >= 0.6 is 0 Å². The Labute approximate surface area is 162 Å². The van der Waals surface area contributed by atoms with Gasteiger partial charge >= 0.3 is 11.8 Å². The minimum absolute atomic E-state index is 0.173. The fourth-order valence-electron chi connectivity index (χ4n) is 4.18. The van der Waals surface area contributed by atoms with E-state index in [1.165, 1.54) is 18.4 Å². The summed E-state index contributed by atoms with van der Waals surface area (Å²) in [6.45, 7) is 3.69. The van der Waals surface area contributed by atoms with Gasteiger partial charge < -0.3 is 10.6 Å². The van der Waals surface area contributed by atoms with Gasteiger partial charge in [0.1, 0.15) is 0 Å². The molecule has 1 aliphatic heterocycles. The van der Waals surface area contributed by atoms with Crippen molar-refractivity contribution in [1.29, 1.82) is 0 Å². The number of nitrogens with one attached hydrogen (secondary N) is 2. The van der Waals surface area contributed by atoms with Crippen LogP contribution in [-0.4, -0.2) is 42.4 Å². The number of piperidine rings is 1. The second-order valence-corrected chi connectivity index (χ2v) is 8.08. The molecule has 2 amide bonds. The monoisotopic (exact) mass is 371 g/mol. The number of rotatable bonds is 5. The minimum Gasteiger partial charge on any atom is -0.348 e. The van der Waals surface area contributed by atoms with Crippen LogP contribution < -0.4 is 10.6 Å². The van der Waals surface area contributed by atoms with E-state index < -0.39 is 11.8 Å². The van der Waals surface area contributed by atoms with Gasteiger partial charge in [0.05, 0.1) is 0 Å². The highest BCUT2D eigenvalue weighted by Crippen LogP contribution is 2.19. The van der Waals surface area contributed by atoms with Crippen LogP contribution in [0.5, 0.6) is 0 Å². The van der Waals surface area contributed by atoms with Gasteiger partial charge in [0, 0.05) is 19.1 Å². The normalized spacial score (nSPS) is 20.0. The van der Waals surface area contributed by atoms with Crippen LogP contribution in [0, 0.1) is 5.92 Å². The average Bonchev–Trinajstić information content (AvgIpc) is 2.96. The molecule has 3 rings (SSSR count). The maximum atomic E-state index is 12.1. The number of benzene rings is 1. The summed E-state index contributed by atoms with van der Waals surface area (Å²) >= 11 is 0. The summed E-state index contributed by atoms with van der Waals surface area (Å²) in [5, 5.41) is 5.77. The zero-order chi connectivity index (χ0) is 18.9. The van der Waals surface area contributed by atoms with Gasteiger partial charge in [-0.15, -0.1) is 0 Å². The molecule has 148 valence electrons. The van der Waals surface area contributed by atoms with E-state index in [1.807, 2.05) is 6.07 Å². The zero-order valence-corrected chi connectivity index (χ0v) is 16.3. The highest BCUT2D eigenvalue weighted by molar-refractivity contribution is 6.35. The predicted octanol–water partition coefficient (Wildman–Crippen LogP) is 2.85. The summed E-state index contributed by atoms with van der Waals surface area (Å²) in [7, 11) is 0. The van der Waals surface area contributed by atoms with Crippen molar-refractivity contribution in [2.75, 3.05) is 19.6 Å². The molecule has 2 N–H and O–H groups in total. The topological polar surface area (TPSA) is 61.4 Å². The predicted molar refractivity (Wildman–Crippen MR) is 107 cm³/mol. The van der Waals surface area contributed by atoms with Crippen LogP contribution in [0.25, 0.3) is 0 Å². The van der Waals surface area contributed by atoms with Crippen LogP contribution in [0.2, 0.25) is 0 Å². The van der Waals surface area contributed by atoms with Gasteiger partial charge in [0.15, 0.2) is 0 Å². The summed E-state index contributed by atoms with van der Waals surface area (Å²) in [5.74, 6) is -0.457. The molecule has 1 aromatic rings. The van der Waals surface area contributed by atoms with Gasteiger partial charge in [0.25, 0.3) is 0 Å². The summed E-state index contributed by atoms with van der Waals surface area (Å²) < 4.78 is 0. The number of carbonyl (C=O) groups excluding carboxylic acids is 2. The molecule has 1 aromatic carbocycles. The summed E-state index contributed by atoms with van der Waals surface area (Å²) in [4.78, 5) is 26.7. The Kier molecular flexibility index (Phi) is 7.69. The van der Waals surface area contributed by atoms with E-state index in [-0.39, 0.29) is 6.04 Å². The molecule has 1 heterocycles. The van der Waals surface area contributed by atoms with Crippen LogP contribution in [0.15, 0.2) is 30.3 Å². The second-order valence-electron chi connectivity index (χ2n) is 8.08. The van der Waals surface area contributed by atoms with Gasteiger partial charge in [-0.05, 0) is 50.3 Å². The third kappa shape index (κ3) is 6.65. The molecule has 0 spiro atoms. The highest BCUT2D eigenvalue weighted by Gasteiger charge is 2.23. The van der Waals surface area contributed by atoms with Crippen LogP contribution in [0.1, 0.15) is 56.9 Å². The summed E-state index contributed by atoms with van der Waals surface area (Å²) in [5.41, 5.74) is 1.35. The lowest BCUT2D eigenvalue weighted by Crippen LogP contribution is -2.46. The van der Waals surface area contributed by atoms with E-state index in [0.29, 0.717) is 12.5 Å². The van der Waals surface area contributed by atoms with E-state index in [2.05, 4.69) is 39.8 Å². The van der Waals surface area contributed by atoms with Gasteiger partial charge in [-0.3, -0.25) is 14.5 Å². The van der Waals surface area contributed by atoms with Crippen LogP contribution in [0.4, 0.5) is 0 Å². The number of hydrogen-bond acceptors (Lipinski definition) is 3. The number of likely N-dealkylation sites (tertiary alicyclic amines) is 1. The lowest BCUT2D eigenvalue weighted by Gasteiger charge is -2.32. The second kappa shape index (κ2) is 10.5. The van der Waals surface area contributed by atoms with Crippen molar-refractivity contribution >= 4 is 11.8 Å². The smallest absolute Gasteiger partial charge is 0.309 e. The molecule has 0 bridgehead atoms. The lowest BCUT2D eigenvalue weighted by molar-refractivity contribution is -0.139. The molecule has 1 saturated carbocycles. The Bertz CT molecular complexity index is 589. The van der Waals surface area contributed by atoms with Gasteiger partial charge in [-0.2, -0.15) is 0 Å². The van der Waals surface area contributed by atoms with Crippen molar-refractivity contribution < 1.29 is 9.59 Å². The number of amides is 2. The minimum atomic E-state index is -0.467. The molecule has 5 heteroatoms. The first kappa shape index (κ1) is 19.9. The molecule has 27 heavy (non-hydrogen) atoms. The largest absolute Gasteiger partial charge is 0.348 e. The van der Waals surface area contributed by atoms with Crippen molar-refractivity contribution in [3.8, 4) is 0 Å². The quantitative estimate of drug-likeness (QED) is 0.618. The van der Waals surface area contributed by atoms with E-state index in [0.717, 1.165) is 58.2 Å². The average molecular weight is 372 g/mol. The first-order chi connectivity index (χ1) is 13.2. The van der Waals surface area contributed by atoms with Gasteiger partial charge in [-0.25, -0.2) is 0 Å². The van der Waals surface area contributed by atoms with Crippen LogP contribution in [0.3, 0.4) is 0 Å². The van der Waals surface area contributed by atoms with Crippen molar-refractivity contribution in [3.05, 3.63) is 35.9 Å². The molecule has 0 radical (unpaired) electrons. The molecular weight excluding hydrogens is 338 g/mol. The van der Waals surface area contributed by atoms with Crippen molar-refractivity contribution in [2.45, 2.75) is 64.0 Å². The zero-order valence-electron chi connectivity index (χ0n) is 16.3. The molecule has 2 fully saturated rings. The molecule has 1 aliphatic carbocycles. The highest BCUT2D eigenvalue weighted by atomic mass is 16.2.